The van der Waals surface area contributed by atoms with Gasteiger partial charge in [-0.25, -0.2) is 0 Å². The van der Waals surface area contributed by atoms with E-state index >= 15 is 0 Å². The molecule has 0 saturated heterocycles. The van der Waals surface area contributed by atoms with Gasteiger partial charge in [0.05, 0.1) is 0 Å². The predicted octanol–water partition coefficient (Wildman–Crippen LogP) is 16.8. The molecule has 0 rings (SSSR count). The van der Waals surface area contributed by atoms with E-state index in [1.54, 1.807) is 0 Å². The predicted molar refractivity (Wildman–Crippen MR) is 299 cm³/mol. The van der Waals surface area contributed by atoms with E-state index in [1.807, 2.05) is 21.0 Å². The van der Waals surface area contributed by atoms with Crippen molar-refractivity contribution < 1.29 is 102 Å². The van der Waals surface area contributed by atoms with E-state index in [0.717, 1.165) is 91.1 Å². The molecule has 0 heterocycles. The van der Waals surface area contributed by atoms with Crippen LogP contribution in [0.1, 0.15) is 192 Å². The number of likely N-dealkylation sites (N-methyl/N-ethyl adjacent to an activating group) is 4. The molecule has 0 aromatic carbocycles. The third-order valence-corrected chi connectivity index (χ3v) is 8.54. The Morgan fingerprint density at radius 2 is 0.814 bits per heavy atom. The Kier molecular flexibility index (Phi) is 104. The van der Waals surface area contributed by atoms with Gasteiger partial charge in [0.2, 0.25) is 0 Å². The SMILES string of the molecule is CC(C)[N-]CC(C)[N-]C(C)C.CC(C[N-]C(C)(C)C)[N-]C(C)(C)C.CCC(C)[N-]CC(C)[N-]C(C)CC.CCC[N-]CC(C)[N-]CCC.CC[N-]CC(C)[N-]CC.C[N-]CC(C)[N-]C.[Cu+2].[Cu+2].[Cu+2].[Cu+2].[Cu+2].[Cu+2]. The third-order valence-electron chi connectivity index (χ3n) is 8.54. The van der Waals surface area contributed by atoms with Crippen LogP contribution in [0.3, 0.4) is 0 Å². The van der Waals surface area contributed by atoms with Crippen molar-refractivity contribution in [2.24, 2.45) is 0 Å². The van der Waals surface area contributed by atoms with Gasteiger partial charge in [-0.2, -0.15) is 103 Å². The molecule has 0 aliphatic rings. The first-order valence-corrected chi connectivity index (χ1v) is 25.5. The molecule has 0 aromatic rings. The molecular weight excluding hydrogens is 1170 g/mol. The molecule has 0 bridgehead atoms. The van der Waals surface area contributed by atoms with E-state index in [9.17, 15) is 0 Å². The van der Waals surface area contributed by atoms with Crippen LogP contribution in [0.2, 0.25) is 0 Å². The molecule has 6 radical (unpaired) electrons. The number of nitrogens with zero attached hydrogens (tertiary/aromatic N) is 12. The molecular formula is C52H116Cu6N12. The van der Waals surface area contributed by atoms with Gasteiger partial charge in [0.15, 0.2) is 0 Å². The molecule has 8 unspecified atom stereocenters. The summed E-state index contributed by atoms with van der Waals surface area (Å²) in [6, 6.07) is 4.24. The van der Waals surface area contributed by atoms with E-state index in [2.05, 4.69) is 223 Å². The maximum Gasteiger partial charge on any atom is 2.00 e. The van der Waals surface area contributed by atoms with Gasteiger partial charge in [0.1, 0.15) is 0 Å². The first-order valence-electron chi connectivity index (χ1n) is 25.5. The van der Waals surface area contributed by atoms with Crippen molar-refractivity contribution in [1.82, 2.24) is 0 Å². The van der Waals surface area contributed by atoms with Crippen molar-refractivity contribution in [3.63, 3.8) is 0 Å². The molecule has 18 heteroatoms. The van der Waals surface area contributed by atoms with Crippen molar-refractivity contribution in [3.05, 3.63) is 63.8 Å². The monoisotopic (exact) mass is 1290 g/mol. The molecule has 70 heavy (non-hydrogen) atoms. The molecule has 0 aromatic heterocycles. The normalized spacial score (nSPS) is 13.9. The third kappa shape index (κ3) is 107. The van der Waals surface area contributed by atoms with Crippen LogP contribution in [0.15, 0.2) is 0 Å². The topological polar surface area (TPSA) is 169 Å². The Morgan fingerprint density at radius 3 is 1.17 bits per heavy atom. The van der Waals surface area contributed by atoms with E-state index in [4.69, 9.17) is 0 Å². The zero-order valence-electron chi connectivity index (χ0n) is 49.8. The van der Waals surface area contributed by atoms with Gasteiger partial charge in [0.25, 0.3) is 0 Å². The average Bonchev–Trinajstić information content (AvgIpc) is 3.20. The van der Waals surface area contributed by atoms with Crippen LogP contribution in [-0.2, 0) is 102 Å². The summed E-state index contributed by atoms with van der Waals surface area (Å²) in [7, 11) is 3.62. The van der Waals surface area contributed by atoms with Crippen LogP contribution >= 0.6 is 0 Å². The Morgan fingerprint density at radius 1 is 0.357 bits per heavy atom. The van der Waals surface area contributed by atoms with Gasteiger partial charge in [-0.15, -0.1) is 48.3 Å². The fourth-order valence-corrected chi connectivity index (χ4v) is 4.95. The van der Waals surface area contributed by atoms with E-state index in [-0.39, 0.29) is 113 Å². The van der Waals surface area contributed by atoms with Crippen molar-refractivity contribution in [2.45, 2.75) is 263 Å². The zero-order valence-corrected chi connectivity index (χ0v) is 55.5. The summed E-state index contributed by atoms with van der Waals surface area (Å²) in [5.74, 6) is 0. The Hall–Kier alpha value is 2.64. The van der Waals surface area contributed by atoms with Crippen LogP contribution in [0, 0.1) is 0 Å². The van der Waals surface area contributed by atoms with Crippen molar-refractivity contribution >= 4 is 0 Å². The zero-order chi connectivity index (χ0) is 51.2. The minimum absolute atomic E-state index is 0. The summed E-state index contributed by atoms with van der Waals surface area (Å²) in [5, 5.41) is 52.3. The van der Waals surface area contributed by atoms with E-state index in [1.165, 1.54) is 0 Å². The molecule has 8 atom stereocenters. The second kappa shape index (κ2) is 71.6. The van der Waals surface area contributed by atoms with E-state index < -0.39 is 0 Å². The summed E-state index contributed by atoms with van der Waals surface area (Å²) in [6.07, 6.45) is 4.57. The Bertz CT molecular complexity index is 879. The smallest absolute Gasteiger partial charge is 0.666 e. The van der Waals surface area contributed by atoms with Crippen LogP contribution in [0.25, 0.3) is 63.8 Å². The standard InChI is InChI=1S/2C11H24N2.2C9H20N2.C7H16N2.C5H12N2.6Cu/c1-9(13-11(5,6)7)8-12-10(2,3)4;1-6-9(3)12-8-11(5)13-10(4)7-2;1-7(2)10-6-9(5)11-8(3)4;1-4-6-10-8-9(3)11-7-5-2;1-4-8-6-7(3)9-5-2;1-5(7-3)4-6-2;;;;;;/h9H,8H2,1-7H3;9-11H,6-8H2,1-5H3;7-9H,6H2,1-5H3;9H,4-8H2,1-3H3;7H,4-6H2,1-3H3;5H,4H2,1-3H3;;;;;;/q6*-2;6*+2. The summed E-state index contributed by atoms with van der Waals surface area (Å²) in [4.78, 5) is 0. The quantitative estimate of drug-likeness (QED) is 0.0493. The molecule has 0 aliphatic carbocycles. The molecule has 0 saturated carbocycles. The molecule has 0 aliphatic heterocycles. The van der Waals surface area contributed by atoms with E-state index in [0.29, 0.717) is 60.4 Å². The summed E-state index contributed by atoms with van der Waals surface area (Å²) in [5.41, 5.74) is 0.133. The van der Waals surface area contributed by atoms with Crippen LogP contribution in [0.5, 0.6) is 0 Å². The summed E-state index contributed by atoms with van der Waals surface area (Å²) < 4.78 is 0. The maximum atomic E-state index is 4.62. The Balaban J connectivity index is -0.0000000572. The van der Waals surface area contributed by atoms with Gasteiger partial charge >= 0.3 is 102 Å². The first-order chi connectivity index (χ1) is 29.6. The molecule has 12 nitrogen and oxygen atoms in total. The van der Waals surface area contributed by atoms with Crippen LogP contribution < -0.4 is 0 Å². The Labute approximate surface area is 505 Å². The van der Waals surface area contributed by atoms with Crippen molar-refractivity contribution in [3.8, 4) is 0 Å². The van der Waals surface area contributed by atoms with Gasteiger partial charge in [-0.3, -0.25) is 0 Å². The van der Waals surface area contributed by atoms with Crippen molar-refractivity contribution in [1.29, 1.82) is 0 Å². The van der Waals surface area contributed by atoms with Crippen LogP contribution in [-0.4, -0.2) is 151 Å². The van der Waals surface area contributed by atoms with Gasteiger partial charge in [-0.1, -0.05) is 192 Å². The number of rotatable bonds is 30. The van der Waals surface area contributed by atoms with Crippen molar-refractivity contribution in [2.75, 3.05) is 79.5 Å². The minimum atomic E-state index is 0. The summed E-state index contributed by atoms with van der Waals surface area (Å²) >= 11 is 0. The molecule has 0 amide bonds. The fourth-order valence-electron chi connectivity index (χ4n) is 4.95. The second-order valence-corrected chi connectivity index (χ2v) is 19.7. The number of hydrogen-bond donors (Lipinski definition) is 0. The van der Waals surface area contributed by atoms with Gasteiger partial charge in [-0.05, 0) is 0 Å². The minimum Gasteiger partial charge on any atom is -0.666 e. The van der Waals surface area contributed by atoms with Crippen LogP contribution in [0.4, 0.5) is 0 Å². The average molecular weight is 1290 g/mol. The first kappa shape index (κ1) is 101. The fraction of sp³-hybridized carbons (Fsp3) is 1.00. The second-order valence-electron chi connectivity index (χ2n) is 19.7. The largest absolute Gasteiger partial charge is 2.00 e. The summed E-state index contributed by atoms with van der Waals surface area (Å²) in [6.45, 7) is 60.0. The van der Waals surface area contributed by atoms with Gasteiger partial charge < -0.3 is 63.8 Å². The maximum absolute atomic E-state index is 4.62. The molecule has 0 fully saturated rings. The number of hydrogen-bond acceptors (Lipinski definition) is 0. The molecule has 0 N–H and O–H groups in total. The van der Waals surface area contributed by atoms with Gasteiger partial charge in [0, 0.05) is 0 Å². The molecule has 0 spiro atoms. The molecule has 450 valence electrons.